The number of hydrogen-bond acceptors (Lipinski definition) is 3. The van der Waals surface area contributed by atoms with Crippen LogP contribution in [0.3, 0.4) is 0 Å². The lowest BCUT2D eigenvalue weighted by molar-refractivity contribution is 0.103. The predicted octanol–water partition coefficient (Wildman–Crippen LogP) is 4.03. The molecule has 0 spiro atoms. The van der Waals surface area contributed by atoms with Crippen molar-refractivity contribution in [3.8, 4) is 0 Å². The number of rotatable bonds is 5. The van der Waals surface area contributed by atoms with Crippen molar-refractivity contribution < 1.29 is 14.3 Å². The number of carbonyl (C=O) groups excluding carboxylic acids is 1. The van der Waals surface area contributed by atoms with E-state index in [0.29, 0.717) is 16.7 Å². The van der Waals surface area contributed by atoms with Gasteiger partial charge in [-0.15, -0.1) is 12.4 Å². The normalized spacial score (nSPS) is 14.8. The molecule has 0 aromatic heterocycles. The molecule has 24 heavy (non-hydrogen) atoms. The molecule has 0 saturated heterocycles. The first-order valence-corrected chi connectivity index (χ1v) is 7.88. The molecule has 128 valence electrons. The lowest BCUT2D eigenvalue weighted by Gasteiger charge is -2.15. The lowest BCUT2D eigenvalue weighted by Crippen LogP contribution is -2.17. The van der Waals surface area contributed by atoms with E-state index in [1.54, 1.807) is 30.3 Å². The van der Waals surface area contributed by atoms with Gasteiger partial charge < -0.3 is 10.8 Å². The number of aliphatic hydroxyl groups excluding tert-OH is 1. The SMILES string of the molecule is Cl.N[C@@H](c1ccc(Cl)c(C(=O)c2ccc(CO)cc2)c1F)C1CC1. The van der Waals surface area contributed by atoms with Crippen molar-refractivity contribution in [2.75, 3.05) is 0 Å². The molecule has 2 aromatic rings. The zero-order valence-electron chi connectivity index (χ0n) is 12.8. The van der Waals surface area contributed by atoms with Gasteiger partial charge in [-0.25, -0.2) is 4.39 Å². The average molecular weight is 370 g/mol. The highest BCUT2D eigenvalue weighted by Gasteiger charge is 2.33. The maximum absolute atomic E-state index is 14.8. The Hall–Kier alpha value is -1.46. The molecule has 3 rings (SSSR count). The molecule has 0 radical (unpaired) electrons. The molecule has 3 nitrogen and oxygen atoms in total. The zero-order valence-corrected chi connectivity index (χ0v) is 14.4. The molecule has 0 aliphatic heterocycles. The molecule has 0 unspecified atom stereocenters. The van der Waals surface area contributed by atoms with E-state index >= 15 is 0 Å². The van der Waals surface area contributed by atoms with Crippen molar-refractivity contribution in [3.63, 3.8) is 0 Å². The van der Waals surface area contributed by atoms with Crippen LogP contribution in [0.1, 0.15) is 45.9 Å². The van der Waals surface area contributed by atoms with Crippen LogP contribution in [0.5, 0.6) is 0 Å². The van der Waals surface area contributed by atoms with Gasteiger partial charge in [0.2, 0.25) is 0 Å². The van der Waals surface area contributed by atoms with Gasteiger partial charge in [-0.2, -0.15) is 0 Å². The minimum absolute atomic E-state index is 0. The van der Waals surface area contributed by atoms with E-state index in [1.807, 2.05) is 0 Å². The summed E-state index contributed by atoms with van der Waals surface area (Å²) in [5.74, 6) is -0.840. The van der Waals surface area contributed by atoms with Crippen molar-refractivity contribution >= 4 is 29.8 Å². The van der Waals surface area contributed by atoms with Crippen LogP contribution in [0.25, 0.3) is 0 Å². The predicted molar refractivity (Wildman–Crippen MR) is 94.1 cm³/mol. The van der Waals surface area contributed by atoms with Gasteiger partial charge in [0.1, 0.15) is 5.82 Å². The second-order valence-electron chi connectivity index (χ2n) is 5.87. The molecular weight excluding hydrogens is 352 g/mol. The molecular formula is C18H18Cl2FNO2. The molecule has 1 saturated carbocycles. The second kappa shape index (κ2) is 7.62. The average Bonchev–Trinajstić information content (AvgIpc) is 3.39. The number of hydrogen-bond donors (Lipinski definition) is 2. The van der Waals surface area contributed by atoms with Crippen LogP contribution in [0.2, 0.25) is 5.02 Å². The van der Waals surface area contributed by atoms with E-state index in [2.05, 4.69) is 0 Å². The highest BCUT2D eigenvalue weighted by atomic mass is 35.5. The Bertz CT molecular complexity index is 745. The largest absolute Gasteiger partial charge is 0.392 e. The minimum atomic E-state index is -0.631. The molecule has 6 heteroatoms. The Morgan fingerprint density at radius 2 is 1.88 bits per heavy atom. The summed E-state index contributed by atoms with van der Waals surface area (Å²) < 4.78 is 14.8. The fourth-order valence-corrected chi connectivity index (χ4v) is 2.88. The molecule has 0 heterocycles. The molecule has 0 bridgehead atoms. The molecule has 0 amide bonds. The van der Waals surface area contributed by atoms with Crippen molar-refractivity contribution in [2.24, 2.45) is 11.7 Å². The van der Waals surface area contributed by atoms with Crippen LogP contribution in [-0.2, 0) is 6.61 Å². The van der Waals surface area contributed by atoms with Crippen LogP contribution >= 0.6 is 24.0 Å². The maximum Gasteiger partial charge on any atom is 0.197 e. The van der Waals surface area contributed by atoms with Crippen molar-refractivity contribution in [3.05, 3.63) is 69.5 Å². The van der Waals surface area contributed by atoms with E-state index < -0.39 is 17.6 Å². The van der Waals surface area contributed by atoms with Crippen molar-refractivity contribution in [1.29, 1.82) is 0 Å². The smallest absolute Gasteiger partial charge is 0.197 e. The topological polar surface area (TPSA) is 63.3 Å². The first kappa shape index (κ1) is 18.9. The van der Waals surface area contributed by atoms with Gasteiger partial charge in [-0.3, -0.25) is 4.79 Å². The van der Waals surface area contributed by atoms with Gasteiger partial charge >= 0.3 is 0 Å². The monoisotopic (exact) mass is 369 g/mol. The summed E-state index contributed by atoms with van der Waals surface area (Å²) in [7, 11) is 0. The van der Waals surface area contributed by atoms with Crippen LogP contribution in [0.15, 0.2) is 36.4 Å². The standard InChI is InChI=1S/C18H17ClFNO2.ClH/c19-14-8-7-13(17(21)11-5-6-11)16(20)15(14)18(23)12-3-1-10(9-22)2-4-12;/h1-4,7-8,11,17,22H,5-6,9,21H2;1H/t17-;/m1./s1. The molecule has 2 aromatic carbocycles. The van der Waals surface area contributed by atoms with E-state index in [0.717, 1.165) is 12.8 Å². The first-order chi connectivity index (χ1) is 11.0. The van der Waals surface area contributed by atoms with E-state index in [1.165, 1.54) is 6.07 Å². The van der Waals surface area contributed by atoms with Gasteiger partial charge in [0.25, 0.3) is 0 Å². The van der Waals surface area contributed by atoms with Gasteiger partial charge in [-0.1, -0.05) is 41.9 Å². The Labute approximate surface area is 151 Å². The van der Waals surface area contributed by atoms with Crippen molar-refractivity contribution in [2.45, 2.75) is 25.5 Å². The molecule has 1 aliphatic rings. The molecule has 1 atom stereocenters. The summed E-state index contributed by atoms with van der Waals surface area (Å²) in [5, 5.41) is 9.12. The quantitative estimate of drug-likeness (QED) is 0.781. The summed E-state index contributed by atoms with van der Waals surface area (Å²) >= 11 is 6.06. The van der Waals surface area contributed by atoms with Crippen molar-refractivity contribution in [1.82, 2.24) is 0 Å². The van der Waals surface area contributed by atoms with E-state index in [9.17, 15) is 9.18 Å². The van der Waals surface area contributed by atoms with Gasteiger partial charge in [0, 0.05) is 17.2 Å². The van der Waals surface area contributed by atoms with Crippen LogP contribution in [0, 0.1) is 11.7 Å². The highest BCUT2D eigenvalue weighted by Crippen LogP contribution is 2.41. The van der Waals surface area contributed by atoms with Crippen LogP contribution in [0.4, 0.5) is 4.39 Å². The van der Waals surface area contributed by atoms with Crippen LogP contribution in [-0.4, -0.2) is 10.9 Å². The first-order valence-electron chi connectivity index (χ1n) is 7.51. The summed E-state index contributed by atoms with van der Waals surface area (Å²) in [6, 6.07) is 9.03. The Kier molecular flexibility index (Phi) is 5.99. The third kappa shape index (κ3) is 3.62. The van der Waals surface area contributed by atoms with Gasteiger partial charge in [-0.05, 0) is 30.4 Å². The molecule has 1 fully saturated rings. The third-order valence-corrected chi connectivity index (χ3v) is 4.55. The number of aliphatic hydroxyl groups is 1. The summed E-state index contributed by atoms with van der Waals surface area (Å²) in [5.41, 5.74) is 7.27. The Balaban J connectivity index is 0.00000208. The van der Waals surface area contributed by atoms with Gasteiger partial charge in [0.15, 0.2) is 5.78 Å². The summed E-state index contributed by atoms with van der Waals surface area (Å²) in [6.45, 7) is -0.116. The number of benzene rings is 2. The Morgan fingerprint density at radius 3 is 2.42 bits per heavy atom. The zero-order chi connectivity index (χ0) is 16.6. The maximum atomic E-state index is 14.8. The fraction of sp³-hybridized carbons (Fsp3) is 0.278. The van der Waals surface area contributed by atoms with E-state index in [-0.39, 0.29) is 35.5 Å². The summed E-state index contributed by atoms with van der Waals surface area (Å²) in [6.07, 6.45) is 1.96. The number of ketones is 1. The van der Waals surface area contributed by atoms with Gasteiger partial charge in [0.05, 0.1) is 17.2 Å². The summed E-state index contributed by atoms with van der Waals surface area (Å²) in [4.78, 5) is 12.6. The second-order valence-corrected chi connectivity index (χ2v) is 6.28. The highest BCUT2D eigenvalue weighted by molar-refractivity contribution is 6.35. The van der Waals surface area contributed by atoms with E-state index in [4.69, 9.17) is 22.4 Å². The number of halogens is 3. The molecule has 3 N–H and O–H groups in total. The fourth-order valence-electron chi connectivity index (χ4n) is 2.65. The molecule has 1 aliphatic carbocycles. The number of nitrogens with two attached hydrogens (primary N) is 1. The minimum Gasteiger partial charge on any atom is -0.392 e. The Morgan fingerprint density at radius 1 is 1.25 bits per heavy atom. The lowest BCUT2D eigenvalue weighted by atomic mass is 9.95. The number of carbonyl (C=O) groups is 1. The third-order valence-electron chi connectivity index (χ3n) is 4.24. The van der Waals surface area contributed by atoms with Crippen LogP contribution < -0.4 is 5.73 Å².